The van der Waals surface area contributed by atoms with E-state index in [0.717, 1.165) is 36.2 Å². The molecule has 0 aliphatic heterocycles. The number of carbonyl (C=O) groups is 1. The summed E-state index contributed by atoms with van der Waals surface area (Å²) in [7, 11) is 0. The van der Waals surface area contributed by atoms with E-state index in [0.29, 0.717) is 5.88 Å². The molecule has 0 radical (unpaired) electrons. The van der Waals surface area contributed by atoms with Crippen LogP contribution in [0.4, 0.5) is 0 Å². The van der Waals surface area contributed by atoms with Gasteiger partial charge in [-0.05, 0) is 71.1 Å². The van der Waals surface area contributed by atoms with Gasteiger partial charge in [0.15, 0.2) is 6.61 Å². The number of nitrogens with zero attached hydrogens (tertiary/aromatic N) is 2. The van der Waals surface area contributed by atoms with Crippen molar-refractivity contribution >= 4 is 11.5 Å². The van der Waals surface area contributed by atoms with Gasteiger partial charge in [0, 0.05) is 0 Å². The van der Waals surface area contributed by atoms with E-state index in [-0.39, 0.29) is 12.6 Å². The second-order valence-corrected chi connectivity index (χ2v) is 7.86. The zero-order valence-corrected chi connectivity index (χ0v) is 16.6. The molecule has 0 bridgehead atoms. The van der Waals surface area contributed by atoms with Gasteiger partial charge in [0.2, 0.25) is 5.88 Å². The van der Waals surface area contributed by atoms with E-state index in [1.54, 1.807) is 4.68 Å². The lowest BCUT2D eigenvalue weighted by Crippen LogP contribution is -2.27. The van der Waals surface area contributed by atoms with Gasteiger partial charge >= 0.3 is 5.97 Å². The summed E-state index contributed by atoms with van der Waals surface area (Å²) in [6.45, 7) is 7.39. The number of carbonyl (C=O) groups excluding carboxylic acids is 1. The summed E-state index contributed by atoms with van der Waals surface area (Å²) in [5, 5.41) is 4.71. The number of rotatable bonds is 5. The summed E-state index contributed by atoms with van der Waals surface area (Å²) >= 11 is 0. The molecule has 5 heteroatoms. The summed E-state index contributed by atoms with van der Waals surface area (Å²) in [5.41, 5.74) is 3.53. The Morgan fingerprint density at radius 3 is 2.56 bits per heavy atom. The predicted molar refractivity (Wildman–Crippen MR) is 106 cm³/mol. The molecule has 0 fully saturated rings. The van der Waals surface area contributed by atoms with E-state index in [2.05, 4.69) is 6.08 Å². The van der Waals surface area contributed by atoms with E-state index < -0.39 is 5.60 Å². The molecule has 0 unspecified atom stereocenters. The van der Waals surface area contributed by atoms with E-state index in [4.69, 9.17) is 14.6 Å². The van der Waals surface area contributed by atoms with Crippen LogP contribution in [0.1, 0.15) is 57.7 Å². The van der Waals surface area contributed by atoms with Crippen LogP contribution in [0.3, 0.4) is 0 Å². The van der Waals surface area contributed by atoms with Crippen molar-refractivity contribution in [3.05, 3.63) is 47.7 Å². The van der Waals surface area contributed by atoms with Crippen molar-refractivity contribution in [2.45, 2.75) is 59.0 Å². The standard InChI is InChI=1S/C22H28N2O3/c1-16-20(17-11-7-5-8-12-17)21(26-15-19(25)27-22(2,3)4)24(23-16)18-13-9-6-10-14-18/h6,9-11,13-14H,5,7-8,12,15H2,1-4H3. The first kappa shape index (κ1) is 19.2. The zero-order chi connectivity index (χ0) is 19.4. The Morgan fingerprint density at radius 1 is 1.19 bits per heavy atom. The molecule has 0 N–H and O–H groups in total. The third-order valence-corrected chi connectivity index (χ3v) is 4.38. The third-order valence-electron chi connectivity index (χ3n) is 4.38. The van der Waals surface area contributed by atoms with Gasteiger partial charge < -0.3 is 9.47 Å². The predicted octanol–water partition coefficient (Wildman–Crippen LogP) is 4.86. The van der Waals surface area contributed by atoms with Gasteiger partial charge in [0.05, 0.1) is 16.9 Å². The van der Waals surface area contributed by atoms with Crippen LogP contribution in [0.15, 0.2) is 36.4 Å². The van der Waals surface area contributed by atoms with E-state index in [9.17, 15) is 4.79 Å². The van der Waals surface area contributed by atoms with Crippen molar-refractivity contribution in [3.8, 4) is 11.6 Å². The molecular formula is C22H28N2O3. The fourth-order valence-electron chi connectivity index (χ4n) is 3.32. The number of para-hydroxylation sites is 1. The average molecular weight is 368 g/mol. The molecule has 0 atom stereocenters. The highest BCUT2D eigenvalue weighted by molar-refractivity contribution is 5.74. The van der Waals surface area contributed by atoms with Crippen LogP contribution < -0.4 is 4.74 Å². The zero-order valence-electron chi connectivity index (χ0n) is 16.6. The number of esters is 1. The highest BCUT2D eigenvalue weighted by Crippen LogP contribution is 2.36. The van der Waals surface area contributed by atoms with Crippen molar-refractivity contribution < 1.29 is 14.3 Å². The number of allylic oxidation sites excluding steroid dienone is 2. The molecule has 1 aromatic heterocycles. The van der Waals surface area contributed by atoms with Gasteiger partial charge in [-0.1, -0.05) is 24.3 Å². The Hall–Kier alpha value is -2.56. The van der Waals surface area contributed by atoms with Crippen LogP contribution in [0, 0.1) is 6.92 Å². The Morgan fingerprint density at radius 2 is 1.93 bits per heavy atom. The number of aryl methyl sites for hydroxylation is 1. The Kier molecular flexibility index (Phi) is 5.68. The molecule has 1 aliphatic carbocycles. The van der Waals surface area contributed by atoms with E-state index in [1.807, 2.05) is 58.0 Å². The monoisotopic (exact) mass is 368 g/mol. The van der Waals surface area contributed by atoms with Gasteiger partial charge in [0.1, 0.15) is 5.60 Å². The molecule has 0 amide bonds. The Labute approximate surface area is 161 Å². The number of hydrogen-bond acceptors (Lipinski definition) is 4. The van der Waals surface area contributed by atoms with Crippen LogP contribution >= 0.6 is 0 Å². The van der Waals surface area contributed by atoms with Crippen molar-refractivity contribution in [2.75, 3.05) is 6.61 Å². The van der Waals surface area contributed by atoms with Gasteiger partial charge in [0.25, 0.3) is 0 Å². The lowest BCUT2D eigenvalue weighted by molar-refractivity contribution is -0.157. The quantitative estimate of drug-likeness (QED) is 0.707. The maximum Gasteiger partial charge on any atom is 0.344 e. The van der Waals surface area contributed by atoms with Crippen molar-refractivity contribution in [3.63, 3.8) is 0 Å². The number of ether oxygens (including phenoxy) is 2. The first-order valence-electron chi connectivity index (χ1n) is 9.54. The molecule has 0 saturated heterocycles. The van der Waals surface area contributed by atoms with Gasteiger partial charge in [-0.2, -0.15) is 5.10 Å². The van der Waals surface area contributed by atoms with Crippen molar-refractivity contribution in [1.82, 2.24) is 9.78 Å². The summed E-state index contributed by atoms with van der Waals surface area (Å²) in [6, 6.07) is 9.84. The molecular weight excluding hydrogens is 340 g/mol. The lowest BCUT2D eigenvalue weighted by Gasteiger charge is -2.20. The van der Waals surface area contributed by atoms with Gasteiger partial charge in [-0.25, -0.2) is 9.48 Å². The summed E-state index contributed by atoms with van der Waals surface area (Å²) in [6.07, 6.45) is 6.71. The SMILES string of the molecule is Cc1nn(-c2ccccc2)c(OCC(=O)OC(C)(C)C)c1C1=CCCCC1. The number of benzene rings is 1. The normalized spacial score (nSPS) is 14.6. The van der Waals surface area contributed by atoms with Crippen LogP contribution in [0.5, 0.6) is 5.88 Å². The first-order chi connectivity index (χ1) is 12.8. The molecule has 3 rings (SSSR count). The molecule has 1 aliphatic rings. The second-order valence-electron chi connectivity index (χ2n) is 7.86. The Balaban J connectivity index is 1.95. The molecule has 5 nitrogen and oxygen atoms in total. The van der Waals surface area contributed by atoms with Crippen molar-refractivity contribution in [1.29, 1.82) is 0 Å². The fourth-order valence-corrected chi connectivity index (χ4v) is 3.32. The lowest BCUT2D eigenvalue weighted by atomic mass is 9.94. The molecule has 2 aromatic rings. The maximum atomic E-state index is 12.2. The van der Waals surface area contributed by atoms with Gasteiger partial charge in [-0.15, -0.1) is 0 Å². The first-order valence-corrected chi connectivity index (χ1v) is 9.54. The molecule has 0 saturated carbocycles. The minimum absolute atomic E-state index is 0.143. The summed E-state index contributed by atoms with van der Waals surface area (Å²) < 4.78 is 13.2. The van der Waals surface area contributed by atoms with Gasteiger partial charge in [-0.3, -0.25) is 0 Å². The highest BCUT2D eigenvalue weighted by Gasteiger charge is 2.24. The van der Waals surface area contributed by atoms with E-state index in [1.165, 1.54) is 12.0 Å². The third kappa shape index (κ3) is 4.79. The largest absolute Gasteiger partial charge is 0.465 e. The molecule has 144 valence electrons. The average Bonchev–Trinajstić information content (AvgIpc) is 2.96. The van der Waals surface area contributed by atoms with Crippen LogP contribution in [-0.2, 0) is 9.53 Å². The smallest absolute Gasteiger partial charge is 0.344 e. The molecule has 0 spiro atoms. The minimum atomic E-state index is -0.537. The fraction of sp³-hybridized carbons (Fsp3) is 0.455. The second kappa shape index (κ2) is 7.99. The number of aromatic nitrogens is 2. The molecule has 1 heterocycles. The Bertz CT molecular complexity index is 829. The minimum Gasteiger partial charge on any atom is -0.465 e. The highest BCUT2D eigenvalue weighted by atomic mass is 16.6. The summed E-state index contributed by atoms with van der Waals surface area (Å²) in [5.74, 6) is 0.224. The van der Waals surface area contributed by atoms with Crippen LogP contribution in [0.25, 0.3) is 11.3 Å². The van der Waals surface area contributed by atoms with Crippen molar-refractivity contribution in [2.24, 2.45) is 0 Å². The summed E-state index contributed by atoms with van der Waals surface area (Å²) in [4.78, 5) is 12.2. The van der Waals surface area contributed by atoms with Crippen LogP contribution in [-0.4, -0.2) is 28.0 Å². The molecule has 27 heavy (non-hydrogen) atoms. The van der Waals surface area contributed by atoms with E-state index >= 15 is 0 Å². The maximum absolute atomic E-state index is 12.2. The van der Waals surface area contributed by atoms with Crippen LogP contribution in [0.2, 0.25) is 0 Å². The molecule has 1 aromatic carbocycles. The number of hydrogen-bond donors (Lipinski definition) is 0. The topological polar surface area (TPSA) is 53.4 Å².